The second-order valence-corrected chi connectivity index (χ2v) is 6.35. The van der Waals surface area contributed by atoms with Crippen molar-refractivity contribution in [3.8, 4) is 5.75 Å². The molecule has 2 N–H and O–H groups in total. The predicted molar refractivity (Wildman–Crippen MR) is 98.5 cm³/mol. The lowest BCUT2D eigenvalue weighted by Gasteiger charge is -2.32. The smallest absolute Gasteiger partial charge is 0.450 e. The molecule has 0 unspecified atom stereocenters. The van der Waals surface area contributed by atoms with E-state index in [0.717, 1.165) is 6.07 Å². The Labute approximate surface area is 194 Å². The SMILES string of the molecule is CCOC(=O)Nc1cc(NC(=O)OCC)cc(OC(F)=C(F)C(F)(F)C(F)(F)C(F)(F)C(F)(F)F)c1. The first-order chi connectivity index (χ1) is 16.3. The van der Waals surface area contributed by atoms with E-state index in [2.05, 4.69) is 14.2 Å². The number of hydrogen-bond acceptors (Lipinski definition) is 5. The number of rotatable bonds is 9. The van der Waals surface area contributed by atoms with Crippen molar-refractivity contribution in [3.05, 3.63) is 30.0 Å². The Balaban J connectivity index is 3.44. The first-order valence-corrected chi connectivity index (χ1v) is 9.28. The molecule has 1 aromatic carbocycles. The number of alkyl halides is 9. The van der Waals surface area contributed by atoms with Crippen LogP contribution in [0.5, 0.6) is 5.75 Å². The Bertz CT molecular complexity index is 958. The van der Waals surface area contributed by atoms with E-state index in [1.54, 1.807) is 0 Å². The van der Waals surface area contributed by atoms with Crippen LogP contribution in [0.2, 0.25) is 0 Å². The molecule has 204 valence electrons. The van der Waals surface area contributed by atoms with Crippen LogP contribution in [0, 0.1) is 0 Å². The van der Waals surface area contributed by atoms with Crippen molar-refractivity contribution >= 4 is 23.6 Å². The predicted octanol–water partition coefficient (Wildman–Crippen LogP) is 6.78. The molecule has 36 heavy (non-hydrogen) atoms. The van der Waals surface area contributed by atoms with Gasteiger partial charge in [0.05, 0.1) is 13.2 Å². The van der Waals surface area contributed by atoms with Gasteiger partial charge in [0.1, 0.15) is 5.75 Å². The highest BCUT2D eigenvalue weighted by atomic mass is 19.4. The number of halogens is 11. The minimum absolute atomic E-state index is 0.162. The zero-order chi connectivity index (χ0) is 28.1. The van der Waals surface area contributed by atoms with Gasteiger partial charge in [0.25, 0.3) is 0 Å². The maximum Gasteiger partial charge on any atom is 0.460 e. The quantitative estimate of drug-likeness (QED) is 0.263. The summed E-state index contributed by atoms with van der Waals surface area (Å²) in [7, 11) is 0. The van der Waals surface area contributed by atoms with Gasteiger partial charge < -0.3 is 14.2 Å². The Morgan fingerprint density at radius 3 is 1.53 bits per heavy atom. The van der Waals surface area contributed by atoms with Crippen LogP contribution >= 0.6 is 0 Å². The van der Waals surface area contributed by atoms with Crippen molar-refractivity contribution in [1.29, 1.82) is 0 Å². The third-order valence-electron chi connectivity index (χ3n) is 3.75. The Hall–Kier alpha value is -3.47. The lowest BCUT2D eigenvalue weighted by Crippen LogP contribution is -2.61. The molecule has 0 bridgehead atoms. The van der Waals surface area contributed by atoms with Gasteiger partial charge in [-0.1, -0.05) is 0 Å². The molecule has 0 aliphatic rings. The van der Waals surface area contributed by atoms with E-state index in [1.807, 2.05) is 10.6 Å². The largest absolute Gasteiger partial charge is 0.460 e. The van der Waals surface area contributed by atoms with E-state index in [4.69, 9.17) is 0 Å². The van der Waals surface area contributed by atoms with Crippen molar-refractivity contribution in [1.82, 2.24) is 0 Å². The van der Waals surface area contributed by atoms with Crippen LogP contribution in [0.15, 0.2) is 30.0 Å². The van der Waals surface area contributed by atoms with Gasteiger partial charge >= 0.3 is 42.1 Å². The van der Waals surface area contributed by atoms with E-state index in [9.17, 15) is 57.9 Å². The number of hydrogen-bond donors (Lipinski definition) is 2. The fraction of sp³-hybridized carbons (Fsp3) is 0.444. The minimum Gasteiger partial charge on any atom is -0.450 e. The molecular weight excluding hydrogens is 533 g/mol. The van der Waals surface area contributed by atoms with Crippen molar-refractivity contribution in [2.75, 3.05) is 23.8 Å². The monoisotopic (exact) mass is 548 g/mol. The Morgan fingerprint density at radius 2 is 1.17 bits per heavy atom. The van der Waals surface area contributed by atoms with Crippen LogP contribution < -0.4 is 15.4 Å². The van der Waals surface area contributed by atoms with E-state index in [-0.39, 0.29) is 13.2 Å². The second kappa shape index (κ2) is 11.1. The molecule has 1 aromatic rings. The van der Waals surface area contributed by atoms with Gasteiger partial charge in [-0.05, 0) is 19.9 Å². The first-order valence-electron chi connectivity index (χ1n) is 9.28. The van der Waals surface area contributed by atoms with Gasteiger partial charge in [0.2, 0.25) is 5.83 Å². The summed E-state index contributed by atoms with van der Waals surface area (Å²) in [5, 5.41) is 3.93. The van der Waals surface area contributed by atoms with Crippen LogP contribution in [0.4, 0.5) is 69.3 Å². The lowest BCUT2D eigenvalue weighted by molar-refractivity contribution is -0.392. The number of ether oxygens (including phenoxy) is 3. The molecule has 0 spiro atoms. The summed E-state index contributed by atoms with van der Waals surface area (Å²) in [4.78, 5) is 23.1. The molecular formula is C18H15F11N2O5. The zero-order valence-electron chi connectivity index (χ0n) is 17.8. The molecule has 0 aromatic heterocycles. The molecule has 0 saturated heterocycles. The van der Waals surface area contributed by atoms with Crippen LogP contribution in [0.3, 0.4) is 0 Å². The van der Waals surface area contributed by atoms with Crippen molar-refractivity contribution in [3.63, 3.8) is 0 Å². The van der Waals surface area contributed by atoms with E-state index in [1.165, 1.54) is 13.8 Å². The van der Waals surface area contributed by atoms with Gasteiger partial charge in [0, 0.05) is 23.5 Å². The van der Waals surface area contributed by atoms with Gasteiger partial charge in [-0.15, -0.1) is 0 Å². The average molecular weight is 548 g/mol. The molecule has 0 aliphatic carbocycles. The van der Waals surface area contributed by atoms with Crippen molar-refractivity contribution in [2.45, 2.75) is 37.8 Å². The summed E-state index contributed by atoms with van der Waals surface area (Å²) in [5.41, 5.74) is -0.932. The van der Waals surface area contributed by atoms with Gasteiger partial charge in [-0.3, -0.25) is 10.6 Å². The number of benzene rings is 1. The van der Waals surface area contributed by atoms with E-state index < -0.39 is 65.1 Å². The maximum atomic E-state index is 13.9. The second-order valence-electron chi connectivity index (χ2n) is 6.35. The van der Waals surface area contributed by atoms with Crippen molar-refractivity contribution in [2.24, 2.45) is 0 Å². The summed E-state index contributed by atoms with van der Waals surface area (Å²) in [5.74, 6) is -27.3. The van der Waals surface area contributed by atoms with E-state index in [0.29, 0.717) is 12.1 Å². The molecule has 1 rings (SSSR count). The maximum absolute atomic E-state index is 13.9. The molecule has 0 radical (unpaired) electrons. The molecule has 0 heterocycles. The summed E-state index contributed by atoms with van der Waals surface area (Å²) < 4.78 is 157. The number of amides is 2. The van der Waals surface area contributed by atoms with Crippen LogP contribution in [0.25, 0.3) is 0 Å². The molecule has 0 fully saturated rings. The lowest BCUT2D eigenvalue weighted by atomic mass is 10.0. The number of nitrogens with one attached hydrogen (secondary N) is 2. The third-order valence-corrected chi connectivity index (χ3v) is 3.75. The highest BCUT2D eigenvalue weighted by molar-refractivity contribution is 5.89. The molecule has 0 atom stereocenters. The topological polar surface area (TPSA) is 85.9 Å². The number of carbonyl (C=O) groups excluding carboxylic acids is 2. The van der Waals surface area contributed by atoms with Gasteiger partial charge in [-0.2, -0.15) is 48.3 Å². The van der Waals surface area contributed by atoms with E-state index >= 15 is 0 Å². The fourth-order valence-electron chi connectivity index (χ4n) is 2.16. The first kappa shape index (κ1) is 30.6. The van der Waals surface area contributed by atoms with Gasteiger partial charge in [0.15, 0.2) is 0 Å². The number of carbonyl (C=O) groups is 2. The summed E-state index contributed by atoms with van der Waals surface area (Å²) >= 11 is 0. The molecule has 0 saturated carbocycles. The summed E-state index contributed by atoms with van der Waals surface area (Å²) in [6, 6.07) is -1.37. The van der Waals surface area contributed by atoms with Gasteiger partial charge in [-0.25, -0.2) is 9.59 Å². The normalized spacial score (nSPS) is 13.5. The highest BCUT2D eigenvalue weighted by Gasteiger charge is 2.83. The Kier molecular flexibility index (Phi) is 9.40. The number of allylic oxidation sites excluding steroid dienone is 1. The minimum atomic E-state index is -7.49. The van der Waals surface area contributed by atoms with Crippen LogP contribution in [0.1, 0.15) is 13.8 Å². The summed E-state index contributed by atoms with van der Waals surface area (Å²) in [6.45, 7) is 2.44. The highest BCUT2D eigenvalue weighted by Crippen LogP contribution is 2.55. The Morgan fingerprint density at radius 1 is 0.750 bits per heavy atom. The molecule has 0 aliphatic heterocycles. The standard InChI is InChI=1S/C18H15F11N2O5/c1-3-34-13(32)30-8-5-9(31-14(33)35-4-2)7-10(6-8)36-12(20)11(19)15(21,22)16(23,24)17(25,26)18(27,28)29/h5-7H,3-4H2,1-2H3,(H,30,32)(H,31,33). The average Bonchev–Trinajstić information content (AvgIpc) is 2.72. The zero-order valence-corrected chi connectivity index (χ0v) is 17.8. The molecule has 2 amide bonds. The third kappa shape index (κ3) is 6.60. The van der Waals surface area contributed by atoms with Crippen molar-refractivity contribution < 1.29 is 72.1 Å². The molecule has 7 nitrogen and oxygen atoms in total. The fourth-order valence-corrected chi connectivity index (χ4v) is 2.16. The van der Waals surface area contributed by atoms with Crippen LogP contribution in [-0.4, -0.2) is 49.3 Å². The van der Waals surface area contributed by atoms with Crippen LogP contribution in [-0.2, 0) is 9.47 Å². The molecule has 18 heteroatoms. The summed E-state index contributed by atoms with van der Waals surface area (Å²) in [6.07, 6.45) is -9.60. The number of anilines is 2.